The highest BCUT2D eigenvalue weighted by atomic mass is 19.1. The summed E-state index contributed by atoms with van der Waals surface area (Å²) in [6.45, 7) is 5.06. The quantitative estimate of drug-likeness (QED) is 0.864. The highest BCUT2D eigenvalue weighted by molar-refractivity contribution is 5.85. The third-order valence-electron chi connectivity index (χ3n) is 4.64. The molecule has 4 nitrogen and oxygen atoms in total. The summed E-state index contributed by atoms with van der Waals surface area (Å²) in [4.78, 5) is 15.0. The fraction of sp³-hybridized carbons (Fsp3) is 0.562. The molecule has 2 saturated heterocycles. The lowest BCUT2D eigenvalue weighted by atomic mass is 9.78. The van der Waals surface area contributed by atoms with Crippen molar-refractivity contribution in [2.45, 2.75) is 25.3 Å². The van der Waals surface area contributed by atoms with Gasteiger partial charge in [0.1, 0.15) is 11.4 Å². The first-order valence-corrected chi connectivity index (χ1v) is 7.57. The maximum Gasteiger partial charge on any atom is 0.332 e. The number of esters is 1. The molecule has 0 saturated carbocycles. The van der Waals surface area contributed by atoms with E-state index in [-0.39, 0.29) is 17.7 Å². The van der Waals surface area contributed by atoms with Gasteiger partial charge in [0.2, 0.25) is 0 Å². The molecule has 2 aliphatic heterocycles. The number of anilines is 1. The third kappa shape index (κ3) is 2.62. The maximum atomic E-state index is 13.1. The van der Waals surface area contributed by atoms with Crippen molar-refractivity contribution in [3.05, 3.63) is 30.1 Å². The number of hydrogen-bond acceptors (Lipinski definition) is 4. The largest absolute Gasteiger partial charge is 0.464 e. The lowest BCUT2D eigenvalue weighted by Gasteiger charge is -2.41. The molecule has 3 atom stereocenters. The highest BCUT2D eigenvalue weighted by Gasteiger charge is 2.52. The van der Waals surface area contributed by atoms with E-state index in [0.29, 0.717) is 6.61 Å². The van der Waals surface area contributed by atoms with Gasteiger partial charge in [-0.1, -0.05) is 0 Å². The second kappa shape index (κ2) is 5.64. The van der Waals surface area contributed by atoms with Crippen molar-refractivity contribution in [2.75, 3.05) is 31.6 Å². The van der Waals surface area contributed by atoms with Gasteiger partial charge in [0.25, 0.3) is 0 Å². The van der Waals surface area contributed by atoms with E-state index in [4.69, 9.17) is 4.74 Å². The Morgan fingerprint density at radius 1 is 1.43 bits per heavy atom. The Kier molecular flexibility index (Phi) is 3.85. The van der Waals surface area contributed by atoms with Crippen molar-refractivity contribution < 1.29 is 13.9 Å². The topological polar surface area (TPSA) is 41.6 Å². The number of carbonyl (C=O) groups is 1. The van der Waals surface area contributed by atoms with Crippen LogP contribution < -0.4 is 5.32 Å². The zero-order valence-corrected chi connectivity index (χ0v) is 12.3. The number of benzene rings is 1. The minimum absolute atomic E-state index is 0.180. The minimum atomic E-state index is -0.680. The number of ether oxygens (including phenoxy) is 1. The molecule has 1 aromatic carbocycles. The maximum absolute atomic E-state index is 13.1. The monoisotopic (exact) mass is 292 g/mol. The second-order valence-electron chi connectivity index (χ2n) is 5.86. The van der Waals surface area contributed by atoms with Crippen LogP contribution in [0.15, 0.2) is 24.3 Å². The Hall–Kier alpha value is -1.62. The van der Waals surface area contributed by atoms with Crippen LogP contribution in [-0.4, -0.2) is 42.6 Å². The summed E-state index contributed by atoms with van der Waals surface area (Å²) < 4.78 is 18.4. The van der Waals surface area contributed by atoms with Gasteiger partial charge in [-0.2, -0.15) is 0 Å². The van der Waals surface area contributed by atoms with Crippen LogP contribution in [0.5, 0.6) is 0 Å². The Morgan fingerprint density at radius 3 is 2.90 bits per heavy atom. The van der Waals surface area contributed by atoms with Gasteiger partial charge in [-0.25, -0.2) is 9.18 Å². The molecular weight excluding hydrogens is 271 g/mol. The standard InChI is InChI=1S/C16H21FN2O2/c1-2-21-15(20)16(8-10-19-9-7-12(16)11-19)18-14-5-3-13(17)4-6-14/h3-6,12,18H,2,7-11H2,1H3. The molecule has 3 unspecified atom stereocenters. The number of nitrogens with zero attached hydrogens (tertiary/aromatic N) is 1. The van der Waals surface area contributed by atoms with E-state index < -0.39 is 5.54 Å². The van der Waals surface area contributed by atoms with Crippen LogP contribution in [0.4, 0.5) is 10.1 Å². The number of piperidine rings is 1. The smallest absolute Gasteiger partial charge is 0.332 e. The van der Waals surface area contributed by atoms with Gasteiger partial charge in [-0.3, -0.25) is 0 Å². The van der Waals surface area contributed by atoms with Crippen LogP contribution in [0.2, 0.25) is 0 Å². The molecule has 1 N–H and O–H groups in total. The molecule has 114 valence electrons. The first-order chi connectivity index (χ1) is 10.1. The third-order valence-corrected chi connectivity index (χ3v) is 4.64. The molecule has 2 fully saturated rings. The van der Waals surface area contributed by atoms with Crippen LogP contribution >= 0.6 is 0 Å². The van der Waals surface area contributed by atoms with E-state index in [1.54, 1.807) is 12.1 Å². The predicted octanol–water partition coefficient (Wildman–Crippen LogP) is 2.27. The molecule has 2 heterocycles. The lowest BCUT2D eigenvalue weighted by Crippen LogP contribution is -2.58. The normalized spacial score (nSPS) is 31.0. The molecular formula is C16H21FN2O2. The zero-order valence-electron chi connectivity index (χ0n) is 12.3. The van der Waals surface area contributed by atoms with Crippen molar-refractivity contribution in [1.29, 1.82) is 0 Å². The molecule has 3 rings (SSSR count). The van der Waals surface area contributed by atoms with E-state index in [1.807, 2.05) is 6.92 Å². The molecule has 1 aromatic rings. The number of carbonyl (C=O) groups excluding carboxylic acids is 1. The zero-order chi connectivity index (χ0) is 14.9. The van der Waals surface area contributed by atoms with Gasteiger partial charge in [-0.05, 0) is 50.6 Å². The molecule has 21 heavy (non-hydrogen) atoms. The van der Waals surface area contributed by atoms with Crippen molar-refractivity contribution >= 4 is 11.7 Å². The first kappa shape index (κ1) is 14.3. The summed E-state index contributed by atoms with van der Waals surface area (Å²) >= 11 is 0. The molecule has 5 heteroatoms. The fourth-order valence-electron chi connectivity index (χ4n) is 3.51. The van der Waals surface area contributed by atoms with Crippen molar-refractivity contribution in [2.24, 2.45) is 5.92 Å². The van der Waals surface area contributed by atoms with Gasteiger partial charge < -0.3 is 15.0 Å². The molecule has 0 aromatic heterocycles. The summed E-state index contributed by atoms with van der Waals surface area (Å²) in [7, 11) is 0. The number of rotatable bonds is 4. The Balaban J connectivity index is 1.88. The Labute approximate surface area is 124 Å². The average Bonchev–Trinajstić information content (AvgIpc) is 2.89. The van der Waals surface area contributed by atoms with Crippen LogP contribution in [-0.2, 0) is 9.53 Å². The molecule has 2 aliphatic rings. The van der Waals surface area contributed by atoms with Gasteiger partial charge >= 0.3 is 5.97 Å². The van der Waals surface area contributed by atoms with Gasteiger partial charge in [0.05, 0.1) is 6.61 Å². The van der Waals surface area contributed by atoms with E-state index >= 15 is 0 Å². The van der Waals surface area contributed by atoms with Crippen LogP contribution in [0.25, 0.3) is 0 Å². The second-order valence-corrected chi connectivity index (χ2v) is 5.86. The summed E-state index contributed by atoms with van der Waals surface area (Å²) in [5, 5.41) is 3.37. The Bertz CT molecular complexity index is 520. The van der Waals surface area contributed by atoms with Gasteiger partial charge in [0.15, 0.2) is 0 Å². The number of hydrogen-bond donors (Lipinski definition) is 1. The van der Waals surface area contributed by atoms with Crippen LogP contribution in [0.3, 0.4) is 0 Å². The predicted molar refractivity (Wildman–Crippen MR) is 78.6 cm³/mol. The fourth-order valence-corrected chi connectivity index (χ4v) is 3.51. The molecule has 0 aliphatic carbocycles. The Morgan fingerprint density at radius 2 is 2.19 bits per heavy atom. The summed E-state index contributed by atoms with van der Waals surface area (Å²) in [5.41, 5.74) is 0.0886. The molecule has 0 radical (unpaired) electrons. The summed E-state index contributed by atoms with van der Waals surface area (Å²) in [5.74, 6) is -0.211. The first-order valence-electron chi connectivity index (χ1n) is 7.57. The average molecular weight is 292 g/mol. The van der Waals surface area contributed by atoms with Crippen molar-refractivity contribution in [3.8, 4) is 0 Å². The molecule has 0 amide bonds. The SMILES string of the molecule is CCOC(=O)C1(Nc2ccc(F)cc2)CCN2CCC1C2. The molecule has 0 spiro atoms. The van der Waals surface area contributed by atoms with Crippen LogP contribution in [0.1, 0.15) is 19.8 Å². The number of nitrogens with one attached hydrogen (secondary N) is 1. The number of halogens is 1. The highest BCUT2D eigenvalue weighted by Crippen LogP contribution is 2.39. The lowest BCUT2D eigenvalue weighted by molar-refractivity contribution is -0.151. The van der Waals surface area contributed by atoms with Gasteiger partial charge in [0, 0.05) is 24.7 Å². The van der Waals surface area contributed by atoms with Crippen molar-refractivity contribution in [1.82, 2.24) is 4.90 Å². The minimum Gasteiger partial charge on any atom is -0.464 e. The van der Waals surface area contributed by atoms with E-state index in [2.05, 4.69) is 10.2 Å². The van der Waals surface area contributed by atoms with E-state index in [0.717, 1.165) is 38.2 Å². The van der Waals surface area contributed by atoms with E-state index in [9.17, 15) is 9.18 Å². The summed E-state index contributed by atoms with van der Waals surface area (Å²) in [6, 6.07) is 6.17. The van der Waals surface area contributed by atoms with Gasteiger partial charge in [-0.15, -0.1) is 0 Å². The van der Waals surface area contributed by atoms with Crippen LogP contribution in [0, 0.1) is 11.7 Å². The van der Waals surface area contributed by atoms with E-state index in [1.165, 1.54) is 12.1 Å². The molecule has 2 bridgehead atoms. The summed E-state index contributed by atoms with van der Waals surface area (Å²) in [6.07, 6.45) is 1.72. The van der Waals surface area contributed by atoms with Crippen molar-refractivity contribution in [3.63, 3.8) is 0 Å². The number of fused-ring (bicyclic) bond motifs is 2.